The lowest BCUT2D eigenvalue weighted by molar-refractivity contribution is -0.127. The van der Waals surface area contributed by atoms with E-state index < -0.39 is 24.0 Å². The van der Waals surface area contributed by atoms with Crippen LogP contribution < -0.4 is 10.6 Å². The number of rotatable bonds is 5. The van der Waals surface area contributed by atoms with E-state index in [1.54, 1.807) is 30.4 Å². The van der Waals surface area contributed by atoms with Gasteiger partial charge in [-0.25, -0.2) is 9.59 Å². The van der Waals surface area contributed by atoms with Crippen LogP contribution in [0.4, 0.5) is 4.79 Å². The third-order valence-corrected chi connectivity index (χ3v) is 5.55. The Bertz CT molecular complexity index is 860. The SMILES string of the molecule is Cc1nc(-c2cccs2)ccc1C(=O)OC(C)C(=O)NC(=O)NC1CCCC1. The Morgan fingerprint density at radius 3 is 2.61 bits per heavy atom. The molecule has 0 aromatic carbocycles. The van der Waals surface area contributed by atoms with Crippen LogP contribution in [0.25, 0.3) is 10.6 Å². The van der Waals surface area contributed by atoms with E-state index in [9.17, 15) is 14.4 Å². The van der Waals surface area contributed by atoms with Crippen molar-refractivity contribution < 1.29 is 19.1 Å². The molecule has 1 unspecified atom stereocenters. The second-order valence-electron chi connectivity index (χ2n) is 6.80. The van der Waals surface area contributed by atoms with Crippen molar-refractivity contribution in [3.8, 4) is 10.6 Å². The van der Waals surface area contributed by atoms with E-state index in [2.05, 4.69) is 15.6 Å². The summed E-state index contributed by atoms with van der Waals surface area (Å²) in [7, 11) is 0. The second-order valence-corrected chi connectivity index (χ2v) is 7.75. The molecular weight excluding hydrogens is 378 g/mol. The maximum absolute atomic E-state index is 12.4. The fourth-order valence-electron chi connectivity index (χ4n) is 3.12. The topological polar surface area (TPSA) is 97.4 Å². The summed E-state index contributed by atoms with van der Waals surface area (Å²) in [6.45, 7) is 3.15. The minimum Gasteiger partial charge on any atom is -0.449 e. The number of nitrogens with one attached hydrogen (secondary N) is 2. The average Bonchev–Trinajstić information content (AvgIpc) is 3.35. The van der Waals surface area contributed by atoms with Gasteiger partial charge in [-0.3, -0.25) is 15.1 Å². The van der Waals surface area contributed by atoms with Crippen LogP contribution in [0.5, 0.6) is 0 Å². The van der Waals surface area contributed by atoms with E-state index in [1.807, 2.05) is 17.5 Å². The molecule has 2 heterocycles. The molecule has 0 bridgehead atoms. The van der Waals surface area contributed by atoms with Crippen molar-refractivity contribution in [2.75, 3.05) is 0 Å². The van der Waals surface area contributed by atoms with Gasteiger partial charge in [0.05, 0.1) is 21.8 Å². The smallest absolute Gasteiger partial charge is 0.340 e. The molecule has 2 aromatic rings. The number of imide groups is 1. The maximum atomic E-state index is 12.4. The molecule has 7 nitrogen and oxygen atoms in total. The number of esters is 1. The molecule has 0 aliphatic heterocycles. The number of pyridine rings is 1. The molecule has 1 fully saturated rings. The maximum Gasteiger partial charge on any atom is 0.340 e. The number of aromatic nitrogens is 1. The highest BCUT2D eigenvalue weighted by molar-refractivity contribution is 7.13. The molecule has 0 spiro atoms. The molecule has 2 aromatic heterocycles. The van der Waals surface area contributed by atoms with Crippen LogP contribution >= 0.6 is 11.3 Å². The van der Waals surface area contributed by atoms with E-state index in [-0.39, 0.29) is 11.6 Å². The number of carbonyl (C=O) groups is 3. The van der Waals surface area contributed by atoms with Gasteiger partial charge < -0.3 is 10.1 Å². The minimum absolute atomic E-state index is 0.0984. The Balaban J connectivity index is 1.55. The van der Waals surface area contributed by atoms with Crippen molar-refractivity contribution in [3.05, 3.63) is 40.9 Å². The summed E-state index contributed by atoms with van der Waals surface area (Å²) in [5, 5.41) is 6.94. The standard InChI is InChI=1S/C20H23N3O4S/c1-12-15(9-10-16(21-12)17-8-5-11-28-17)19(25)27-13(2)18(24)23-20(26)22-14-6-3-4-7-14/h5,8-11,13-14H,3-4,6-7H2,1-2H3,(H2,22,23,24,26). The van der Waals surface area contributed by atoms with Crippen LogP contribution in [0.1, 0.15) is 48.7 Å². The molecule has 1 saturated carbocycles. The number of amides is 3. The summed E-state index contributed by atoms with van der Waals surface area (Å²) >= 11 is 1.56. The van der Waals surface area contributed by atoms with Crippen LogP contribution in [0, 0.1) is 6.92 Å². The van der Waals surface area contributed by atoms with Gasteiger partial charge in [-0.2, -0.15) is 0 Å². The van der Waals surface area contributed by atoms with E-state index in [0.29, 0.717) is 5.69 Å². The number of urea groups is 1. The molecule has 3 amide bonds. The number of ether oxygens (including phenoxy) is 1. The van der Waals surface area contributed by atoms with Gasteiger partial charge in [0.25, 0.3) is 5.91 Å². The fraction of sp³-hybridized carbons (Fsp3) is 0.400. The molecule has 28 heavy (non-hydrogen) atoms. The van der Waals surface area contributed by atoms with Gasteiger partial charge in [-0.1, -0.05) is 18.9 Å². The average molecular weight is 401 g/mol. The van der Waals surface area contributed by atoms with Gasteiger partial charge in [-0.15, -0.1) is 11.3 Å². The van der Waals surface area contributed by atoms with Crippen LogP contribution in [0.15, 0.2) is 29.6 Å². The highest BCUT2D eigenvalue weighted by atomic mass is 32.1. The summed E-state index contributed by atoms with van der Waals surface area (Å²) in [6, 6.07) is 6.81. The molecular formula is C20H23N3O4S. The number of hydrogen-bond donors (Lipinski definition) is 2. The first-order chi connectivity index (χ1) is 13.4. The predicted molar refractivity (Wildman–Crippen MR) is 106 cm³/mol. The van der Waals surface area contributed by atoms with E-state index >= 15 is 0 Å². The molecule has 1 atom stereocenters. The zero-order valence-electron chi connectivity index (χ0n) is 15.9. The highest BCUT2D eigenvalue weighted by Crippen LogP contribution is 2.24. The van der Waals surface area contributed by atoms with Crippen molar-refractivity contribution in [2.24, 2.45) is 0 Å². The van der Waals surface area contributed by atoms with E-state index in [0.717, 1.165) is 36.3 Å². The minimum atomic E-state index is -1.10. The summed E-state index contributed by atoms with van der Waals surface area (Å²) < 4.78 is 5.21. The summed E-state index contributed by atoms with van der Waals surface area (Å²) in [6.07, 6.45) is 2.88. The van der Waals surface area contributed by atoms with Gasteiger partial charge in [0.1, 0.15) is 0 Å². The lowest BCUT2D eigenvalue weighted by Crippen LogP contribution is -2.47. The van der Waals surface area contributed by atoms with Crippen molar-refractivity contribution >= 4 is 29.2 Å². The van der Waals surface area contributed by atoms with Gasteiger partial charge in [-0.05, 0) is 50.3 Å². The van der Waals surface area contributed by atoms with Crippen LogP contribution in [0.3, 0.4) is 0 Å². The molecule has 0 radical (unpaired) electrons. The van der Waals surface area contributed by atoms with Crippen molar-refractivity contribution in [1.82, 2.24) is 15.6 Å². The normalized spacial score (nSPS) is 15.1. The zero-order valence-corrected chi connectivity index (χ0v) is 16.7. The zero-order chi connectivity index (χ0) is 20.1. The van der Waals surface area contributed by atoms with Crippen LogP contribution in [0.2, 0.25) is 0 Å². The first kappa shape index (κ1) is 20.0. The Kier molecular flexibility index (Phi) is 6.41. The van der Waals surface area contributed by atoms with E-state index in [4.69, 9.17) is 4.74 Å². The van der Waals surface area contributed by atoms with Crippen molar-refractivity contribution in [2.45, 2.75) is 51.7 Å². The molecule has 3 rings (SSSR count). The summed E-state index contributed by atoms with van der Waals surface area (Å²) in [4.78, 5) is 41.9. The Morgan fingerprint density at radius 2 is 1.96 bits per heavy atom. The number of thiophene rings is 1. The third-order valence-electron chi connectivity index (χ3n) is 4.66. The molecule has 1 aliphatic carbocycles. The van der Waals surface area contributed by atoms with Crippen molar-refractivity contribution in [3.63, 3.8) is 0 Å². The monoisotopic (exact) mass is 401 g/mol. The first-order valence-electron chi connectivity index (χ1n) is 9.28. The van der Waals surface area contributed by atoms with Gasteiger partial charge in [0, 0.05) is 6.04 Å². The Labute approximate surface area is 167 Å². The number of carbonyl (C=O) groups excluding carboxylic acids is 3. The van der Waals surface area contributed by atoms with Crippen LogP contribution in [-0.2, 0) is 9.53 Å². The van der Waals surface area contributed by atoms with Crippen molar-refractivity contribution in [1.29, 1.82) is 0 Å². The molecule has 0 saturated heterocycles. The third kappa shape index (κ3) is 4.95. The lowest BCUT2D eigenvalue weighted by atomic mass is 10.1. The first-order valence-corrected chi connectivity index (χ1v) is 10.2. The molecule has 2 N–H and O–H groups in total. The fourth-order valence-corrected chi connectivity index (χ4v) is 3.82. The lowest BCUT2D eigenvalue weighted by Gasteiger charge is -2.16. The quantitative estimate of drug-likeness (QED) is 0.748. The molecule has 148 valence electrons. The van der Waals surface area contributed by atoms with Gasteiger partial charge in [0.2, 0.25) is 0 Å². The largest absolute Gasteiger partial charge is 0.449 e. The number of nitrogens with zero attached hydrogens (tertiary/aromatic N) is 1. The second kappa shape index (κ2) is 8.97. The number of aryl methyl sites for hydroxylation is 1. The summed E-state index contributed by atoms with van der Waals surface area (Å²) in [5.41, 5.74) is 1.58. The predicted octanol–water partition coefficient (Wildman–Crippen LogP) is 3.43. The van der Waals surface area contributed by atoms with Gasteiger partial charge >= 0.3 is 12.0 Å². The Morgan fingerprint density at radius 1 is 1.21 bits per heavy atom. The molecule has 8 heteroatoms. The Hall–Kier alpha value is -2.74. The highest BCUT2D eigenvalue weighted by Gasteiger charge is 2.24. The number of hydrogen-bond acceptors (Lipinski definition) is 6. The van der Waals surface area contributed by atoms with Crippen LogP contribution in [-0.4, -0.2) is 35.0 Å². The summed E-state index contributed by atoms with van der Waals surface area (Å²) in [5.74, 6) is -1.31. The van der Waals surface area contributed by atoms with Gasteiger partial charge in [0.15, 0.2) is 6.10 Å². The van der Waals surface area contributed by atoms with E-state index in [1.165, 1.54) is 6.92 Å². The molecule has 1 aliphatic rings.